The molecule has 0 atom stereocenters. The van der Waals surface area contributed by atoms with Crippen molar-refractivity contribution in [3.05, 3.63) is 0 Å². The lowest BCUT2D eigenvalue weighted by molar-refractivity contribution is 0.580. The number of thioether (sulfide) groups is 1. The van der Waals surface area contributed by atoms with Crippen molar-refractivity contribution in [3.8, 4) is 0 Å². The molecular weight excluding hydrogens is 178 g/mol. The van der Waals surface area contributed by atoms with Crippen molar-refractivity contribution in [2.45, 2.75) is 38.5 Å². The van der Waals surface area contributed by atoms with E-state index in [0.717, 1.165) is 5.92 Å². The van der Waals surface area contributed by atoms with Crippen LogP contribution >= 0.6 is 11.8 Å². The second-order valence-electron chi connectivity index (χ2n) is 4.05. The van der Waals surface area contributed by atoms with Gasteiger partial charge in [-0.05, 0) is 56.7 Å². The van der Waals surface area contributed by atoms with Crippen LogP contribution < -0.4 is 5.32 Å². The van der Waals surface area contributed by atoms with Gasteiger partial charge in [-0.2, -0.15) is 11.8 Å². The molecule has 1 N–H and O–H groups in total. The third kappa shape index (κ3) is 7.39. The molecule has 1 aliphatic carbocycles. The molecule has 0 amide bonds. The predicted octanol–water partition coefficient (Wildman–Crippen LogP) is 2.91. The molecule has 0 spiro atoms. The van der Waals surface area contributed by atoms with Gasteiger partial charge in [-0.15, -0.1) is 0 Å². The number of nitrogens with one attached hydrogen (secondary N) is 1. The van der Waals surface area contributed by atoms with Crippen LogP contribution in [-0.2, 0) is 0 Å². The first kappa shape index (κ1) is 11.4. The van der Waals surface area contributed by atoms with Crippen molar-refractivity contribution in [2.24, 2.45) is 5.92 Å². The molecule has 0 bridgehead atoms. The van der Waals surface area contributed by atoms with Gasteiger partial charge in [0.1, 0.15) is 0 Å². The topological polar surface area (TPSA) is 12.0 Å². The molecule has 1 saturated carbocycles. The molecule has 78 valence electrons. The van der Waals surface area contributed by atoms with Gasteiger partial charge in [0.2, 0.25) is 0 Å². The normalized spacial score (nSPS) is 16.4. The van der Waals surface area contributed by atoms with Gasteiger partial charge in [0.05, 0.1) is 0 Å². The van der Waals surface area contributed by atoms with Crippen LogP contribution in [0.2, 0.25) is 0 Å². The number of hydrogen-bond acceptors (Lipinski definition) is 2. The van der Waals surface area contributed by atoms with Crippen LogP contribution in [0.25, 0.3) is 0 Å². The van der Waals surface area contributed by atoms with E-state index in [2.05, 4.69) is 11.6 Å². The Labute approximate surface area is 87.1 Å². The Hall–Kier alpha value is 0.310. The zero-order valence-corrected chi connectivity index (χ0v) is 9.67. The van der Waals surface area contributed by atoms with Gasteiger partial charge in [-0.25, -0.2) is 0 Å². The summed E-state index contributed by atoms with van der Waals surface area (Å²) in [5.41, 5.74) is 0. The Bertz CT molecular complexity index is 113. The van der Waals surface area contributed by atoms with Crippen LogP contribution in [-0.4, -0.2) is 25.1 Å². The fourth-order valence-corrected chi connectivity index (χ4v) is 1.97. The lowest BCUT2D eigenvalue weighted by Gasteiger charge is -2.02. The molecule has 0 unspecified atom stereocenters. The molecular formula is C11H23NS. The van der Waals surface area contributed by atoms with Crippen molar-refractivity contribution in [2.75, 3.05) is 25.1 Å². The summed E-state index contributed by atoms with van der Waals surface area (Å²) >= 11 is 1.97. The van der Waals surface area contributed by atoms with Crippen LogP contribution in [0, 0.1) is 5.92 Å². The molecule has 0 radical (unpaired) electrons. The van der Waals surface area contributed by atoms with Crippen LogP contribution in [0.3, 0.4) is 0 Å². The van der Waals surface area contributed by atoms with E-state index < -0.39 is 0 Å². The van der Waals surface area contributed by atoms with Gasteiger partial charge < -0.3 is 5.32 Å². The molecule has 0 aliphatic heterocycles. The number of hydrogen-bond donors (Lipinski definition) is 1. The van der Waals surface area contributed by atoms with Crippen molar-refractivity contribution in [3.63, 3.8) is 0 Å². The zero-order valence-electron chi connectivity index (χ0n) is 8.85. The van der Waals surface area contributed by atoms with E-state index >= 15 is 0 Å². The van der Waals surface area contributed by atoms with Crippen LogP contribution in [0.15, 0.2) is 0 Å². The van der Waals surface area contributed by atoms with Gasteiger partial charge in [-0.1, -0.05) is 12.8 Å². The summed E-state index contributed by atoms with van der Waals surface area (Å²) < 4.78 is 0. The first-order valence-electron chi connectivity index (χ1n) is 5.63. The molecule has 0 aromatic heterocycles. The summed E-state index contributed by atoms with van der Waals surface area (Å²) in [4.78, 5) is 0. The maximum absolute atomic E-state index is 3.53. The van der Waals surface area contributed by atoms with E-state index in [0.29, 0.717) is 0 Å². The summed E-state index contributed by atoms with van der Waals surface area (Å²) in [7, 11) is 0. The summed E-state index contributed by atoms with van der Waals surface area (Å²) in [5, 5.41) is 3.53. The summed E-state index contributed by atoms with van der Waals surface area (Å²) in [5.74, 6) is 2.38. The highest BCUT2D eigenvalue weighted by Crippen LogP contribution is 2.27. The second kappa shape index (κ2) is 7.69. The molecule has 1 rings (SSSR count). The minimum absolute atomic E-state index is 1.04. The fourth-order valence-electron chi connectivity index (χ4n) is 1.48. The third-order valence-electron chi connectivity index (χ3n) is 2.58. The lowest BCUT2D eigenvalue weighted by Crippen LogP contribution is -2.17. The summed E-state index contributed by atoms with van der Waals surface area (Å²) in [6.07, 6.45) is 10.8. The number of rotatable bonds is 9. The van der Waals surface area contributed by atoms with Gasteiger partial charge in [-0.3, -0.25) is 0 Å². The first-order chi connectivity index (χ1) is 6.43. The smallest absolute Gasteiger partial charge is 0.00205 e. The number of unbranched alkanes of at least 4 members (excludes halogenated alkanes) is 3. The molecule has 0 saturated heterocycles. The Balaban J connectivity index is 1.63. The monoisotopic (exact) mass is 201 g/mol. The maximum atomic E-state index is 3.53. The Morgan fingerprint density at radius 2 is 1.92 bits per heavy atom. The van der Waals surface area contributed by atoms with Gasteiger partial charge in [0.15, 0.2) is 0 Å². The minimum Gasteiger partial charge on any atom is -0.316 e. The molecule has 1 fully saturated rings. The SMILES string of the molecule is CSCCCCCCNCC1CC1. The van der Waals surface area contributed by atoms with E-state index in [1.807, 2.05) is 11.8 Å². The second-order valence-corrected chi connectivity index (χ2v) is 5.04. The highest BCUT2D eigenvalue weighted by molar-refractivity contribution is 7.98. The molecule has 1 nitrogen and oxygen atoms in total. The zero-order chi connectivity index (χ0) is 9.36. The van der Waals surface area contributed by atoms with E-state index in [9.17, 15) is 0 Å². The quantitative estimate of drug-likeness (QED) is 0.576. The lowest BCUT2D eigenvalue weighted by atomic mass is 10.2. The standard InChI is InChI=1S/C11H23NS/c1-13-9-5-3-2-4-8-12-10-11-6-7-11/h11-12H,2-10H2,1H3. The van der Waals surface area contributed by atoms with Crippen molar-refractivity contribution < 1.29 is 0 Å². The van der Waals surface area contributed by atoms with E-state index in [1.165, 1.54) is 57.4 Å². The Morgan fingerprint density at radius 3 is 2.62 bits per heavy atom. The predicted molar refractivity (Wildman–Crippen MR) is 62.4 cm³/mol. The molecule has 1 aliphatic rings. The van der Waals surface area contributed by atoms with Gasteiger partial charge in [0, 0.05) is 0 Å². The largest absolute Gasteiger partial charge is 0.316 e. The molecule has 0 aromatic carbocycles. The van der Waals surface area contributed by atoms with Crippen LogP contribution in [0.5, 0.6) is 0 Å². The fraction of sp³-hybridized carbons (Fsp3) is 1.00. The van der Waals surface area contributed by atoms with Crippen molar-refractivity contribution in [1.82, 2.24) is 5.32 Å². The van der Waals surface area contributed by atoms with E-state index in [1.54, 1.807) is 0 Å². The van der Waals surface area contributed by atoms with Gasteiger partial charge >= 0.3 is 0 Å². The Morgan fingerprint density at radius 1 is 1.15 bits per heavy atom. The highest BCUT2D eigenvalue weighted by atomic mass is 32.2. The molecule has 2 heteroatoms. The summed E-state index contributed by atoms with van der Waals surface area (Å²) in [6.45, 7) is 2.53. The van der Waals surface area contributed by atoms with Gasteiger partial charge in [0.25, 0.3) is 0 Å². The average Bonchev–Trinajstić information content (AvgIpc) is 2.93. The molecule has 13 heavy (non-hydrogen) atoms. The molecule has 0 aromatic rings. The average molecular weight is 201 g/mol. The Kier molecular flexibility index (Phi) is 6.73. The van der Waals surface area contributed by atoms with Crippen LogP contribution in [0.4, 0.5) is 0 Å². The van der Waals surface area contributed by atoms with Crippen molar-refractivity contribution in [1.29, 1.82) is 0 Å². The molecule has 0 heterocycles. The van der Waals surface area contributed by atoms with E-state index in [4.69, 9.17) is 0 Å². The minimum atomic E-state index is 1.04. The van der Waals surface area contributed by atoms with Crippen molar-refractivity contribution >= 4 is 11.8 Å². The summed E-state index contributed by atoms with van der Waals surface area (Å²) in [6, 6.07) is 0. The first-order valence-corrected chi connectivity index (χ1v) is 7.02. The third-order valence-corrected chi connectivity index (χ3v) is 3.28. The van der Waals surface area contributed by atoms with E-state index in [-0.39, 0.29) is 0 Å². The highest BCUT2D eigenvalue weighted by Gasteiger charge is 2.19. The maximum Gasteiger partial charge on any atom is -0.00205 e. The van der Waals surface area contributed by atoms with Crippen LogP contribution in [0.1, 0.15) is 38.5 Å².